The molecule has 0 atom stereocenters. The van der Waals surface area contributed by atoms with Gasteiger partial charge in [-0.2, -0.15) is 0 Å². The lowest BCUT2D eigenvalue weighted by Crippen LogP contribution is -2.49. The SMILES string of the molecule is CCc1ccc(OCC(=O)NNC(=S)NC(=O)c2cc(Cl)cc(Cl)c2)c(Br)c1. The minimum Gasteiger partial charge on any atom is -0.483 e. The van der Waals surface area contributed by atoms with E-state index in [9.17, 15) is 9.59 Å². The molecular weight excluding hydrogens is 489 g/mol. The molecule has 0 saturated carbocycles. The molecule has 3 N–H and O–H groups in total. The van der Waals surface area contributed by atoms with Gasteiger partial charge in [0.1, 0.15) is 5.75 Å². The van der Waals surface area contributed by atoms with E-state index in [0.29, 0.717) is 15.8 Å². The number of benzene rings is 2. The maximum Gasteiger partial charge on any atom is 0.276 e. The number of ether oxygens (including phenoxy) is 1. The van der Waals surface area contributed by atoms with E-state index < -0.39 is 11.8 Å². The van der Waals surface area contributed by atoms with Gasteiger partial charge >= 0.3 is 0 Å². The molecule has 148 valence electrons. The maximum atomic E-state index is 12.1. The maximum absolute atomic E-state index is 12.1. The highest BCUT2D eigenvalue weighted by Crippen LogP contribution is 2.26. The number of hydrogen-bond acceptors (Lipinski definition) is 4. The van der Waals surface area contributed by atoms with Gasteiger partial charge < -0.3 is 4.74 Å². The summed E-state index contributed by atoms with van der Waals surface area (Å²) in [5.41, 5.74) is 6.14. The van der Waals surface area contributed by atoms with E-state index in [1.165, 1.54) is 18.2 Å². The number of rotatable bonds is 5. The molecule has 28 heavy (non-hydrogen) atoms. The van der Waals surface area contributed by atoms with Crippen LogP contribution in [0.1, 0.15) is 22.8 Å². The number of nitrogens with one attached hydrogen (secondary N) is 3. The van der Waals surface area contributed by atoms with E-state index in [4.69, 9.17) is 40.2 Å². The first-order valence-electron chi connectivity index (χ1n) is 8.06. The minimum absolute atomic E-state index is 0.0945. The molecule has 0 aliphatic rings. The number of halogens is 3. The van der Waals surface area contributed by atoms with Gasteiger partial charge in [0, 0.05) is 15.6 Å². The molecule has 2 amide bonds. The molecule has 0 heterocycles. The monoisotopic (exact) mass is 503 g/mol. The number of carbonyl (C=O) groups is 2. The van der Waals surface area contributed by atoms with Gasteiger partial charge in [-0.1, -0.05) is 36.2 Å². The number of hydrazine groups is 1. The number of carbonyl (C=O) groups excluding carboxylic acids is 2. The van der Waals surface area contributed by atoms with Crippen molar-refractivity contribution in [3.63, 3.8) is 0 Å². The molecule has 2 rings (SSSR count). The lowest BCUT2D eigenvalue weighted by molar-refractivity contribution is -0.123. The van der Waals surface area contributed by atoms with Crippen LogP contribution < -0.4 is 20.9 Å². The van der Waals surface area contributed by atoms with Crippen molar-refractivity contribution >= 4 is 68.3 Å². The third-order valence-electron chi connectivity index (χ3n) is 3.43. The van der Waals surface area contributed by atoms with Gasteiger partial charge in [-0.15, -0.1) is 0 Å². The van der Waals surface area contributed by atoms with E-state index in [1.807, 2.05) is 19.1 Å². The Hall–Kier alpha value is -1.87. The Bertz CT molecular complexity index is 891. The van der Waals surface area contributed by atoms with Crippen LogP contribution in [-0.2, 0) is 11.2 Å². The number of amides is 2. The van der Waals surface area contributed by atoms with Crippen molar-refractivity contribution in [3.05, 3.63) is 62.0 Å². The van der Waals surface area contributed by atoms with Crippen LogP contribution in [0.5, 0.6) is 5.75 Å². The van der Waals surface area contributed by atoms with Crippen molar-refractivity contribution in [2.75, 3.05) is 6.61 Å². The second-order valence-electron chi connectivity index (χ2n) is 5.52. The molecule has 0 saturated heterocycles. The molecule has 2 aromatic carbocycles. The third-order valence-corrected chi connectivity index (χ3v) is 4.69. The molecule has 0 unspecified atom stereocenters. The summed E-state index contributed by atoms with van der Waals surface area (Å²) < 4.78 is 6.21. The van der Waals surface area contributed by atoms with Gasteiger partial charge in [0.15, 0.2) is 11.7 Å². The molecule has 10 heteroatoms. The Kier molecular flexibility index (Phi) is 8.50. The zero-order valence-corrected chi connectivity index (χ0v) is 18.6. The second-order valence-corrected chi connectivity index (χ2v) is 7.66. The molecule has 0 aromatic heterocycles. The van der Waals surface area contributed by atoms with Gasteiger partial charge in [0.05, 0.1) is 4.47 Å². The van der Waals surface area contributed by atoms with Crippen LogP contribution in [0.4, 0.5) is 0 Å². The van der Waals surface area contributed by atoms with Crippen molar-refractivity contribution in [1.82, 2.24) is 16.2 Å². The van der Waals surface area contributed by atoms with Gasteiger partial charge in [-0.05, 0) is 70.5 Å². The normalized spacial score (nSPS) is 10.1. The smallest absolute Gasteiger partial charge is 0.276 e. The topological polar surface area (TPSA) is 79.5 Å². The van der Waals surface area contributed by atoms with E-state index >= 15 is 0 Å². The molecular formula is C18H16BrCl2N3O3S. The van der Waals surface area contributed by atoms with Crippen molar-refractivity contribution < 1.29 is 14.3 Å². The summed E-state index contributed by atoms with van der Waals surface area (Å²) in [7, 11) is 0. The van der Waals surface area contributed by atoms with E-state index in [-0.39, 0.29) is 17.3 Å². The summed E-state index contributed by atoms with van der Waals surface area (Å²) in [5.74, 6) is -0.456. The first-order valence-corrected chi connectivity index (χ1v) is 10.0. The molecule has 0 aliphatic heterocycles. The molecule has 6 nitrogen and oxygen atoms in total. The first kappa shape index (κ1) is 22.4. The second kappa shape index (κ2) is 10.6. The van der Waals surface area contributed by atoms with Crippen molar-refractivity contribution in [2.45, 2.75) is 13.3 Å². The molecule has 2 aromatic rings. The minimum atomic E-state index is -0.521. The van der Waals surface area contributed by atoms with E-state index in [1.54, 1.807) is 6.07 Å². The van der Waals surface area contributed by atoms with E-state index in [0.717, 1.165) is 16.5 Å². The molecule has 0 bridgehead atoms. The van der Waals surface area contributed by atoms with Crippen LogP contribution in [0, 0.1) is 0 Å². The lowest BCUT2D eigenvalue weighted by atomic mass is 10.2. The molecule has 0 fully saturated rings. The quantitative estimate of drug-likeness (QED) is 0.423. The number of aryl methyl sites for hydroxylation is 1. The Morgan fingerprint density at radius 2 is 1.79 bits per heavy atom. The predicted molar refractivity (Wildman–Crippen MR) is 117 cm³/mol. The summed E-state index contributed by atoms with van der Waals surface area (Å²) in [6.07, 6.45) is 0.897. The zero-order valence-electron chi connectivity index (χ0n) is 14.6. The highest BCUT2D eigenvalue weighted by molar-refractivity contribution is 9.10. The van der Waals surface area contributed by atoms with Gasteiger partial charge in [0.25, 0.3) is 11.8 Å². The first-order chi connectivity index (χ1) is 13.3. The lowest BCUT2D eigenvalue weighted by Gasteiger charge is -2.12. The van der Waals surface area contributed by atoms with Crippen molar-refractivity contribution in [3.8, 4) is 5.75 Å². The third kappa shape index (κ3) is 6.94. The summed E-state index contributed by atoms with van der Waals surface area (Å²) >= 11 is 20.1. The van der Waals surface area contributed by atoms with Gasteiger partial charge in [-0.3, -0.25) is 25.8 Å². The van der Waals surface area contributed by atoms with Crippen LogP contribution >= 0.6 is 51.3 Å². The fraction of sp³-hybridized carbons (Fsp3) is 0.167. The van der Waals surface area contributed by atoms with E-state index in [2.05, 4.69) is 32.1 Å². The van der Waals surface area contributed by atoms with Crippen molar-refractivity contribution in [1.29, 1.82) is 0 Å². The summed E-state index contributed by atoms with van der Waals surface area (Å²) in [6, 6.07) is 10.0. The summed E-state index contributed by atoms with van der Waals surface area (Å²) in [6.45, 7) is 1.81. The Morgan fingerprint density at radius 1 is 1.11 bits per heavy atom. The summed E-state index contributed by atoms with van der Waals surface area (Å²) in [4.78, 5) is 24.0. The fourth-order valence-electron chi connectivity index (χ4n) is 2.08. The Morgan fingerprint density at radius 3 is 2.39 bits per heavy atom. The van der Waals surface area contributed by atoms with Gasteiger partial charge in [-0.25, -0.2) is 0 Å². The highest BCUT2D eigenvalue weighted by Gasteiger charge is 2.11. The Balaban J connectivity index is 1.79. The Labute approximate surface area is 186 Å². The molecule has 0 spiro atoms. The van der Waals surface area contributed by atoms with Crippen molar-refractivity contribution in [2.24, 2.45) is 0 Å². The average Bonchev–Trinajstić information content (AvgIpc) is 2.64. The average molecular weight is 505 g/mol. The molecule has 0 radical (unpaired) electrons. The predicted octanol–water partition coefficient (Wildman–Crippen LogP) is 4.03. The molecule has 0 aliphatic carbocycles. The van der Waals surface area contributed by atoms with Crippen LogP contribution in [0.3, 0.4) is 0 Å². The van der Waals surface area contributed by atoms with Gasteiger partial charge in [0.2, 0.25) is 0 Å². The van der Waals surface area contributed by atoms with Crippen LogP contribution in [0.25, 0.3) is 0 Å². The zero-order chi connectivity index (χ0) is 20.7. The fourth-order valence-corrected chi connectivity index (χ4v) is 3.29. The van der Waals surface area contributed by atoms with Crippen LogP contribution in [-0.4, -0.2) is 23.5 Å². The number of hydrogen-bond donors (Lipinski definition) is 3. The van der Waals surface area contributed by atoms with Crippen LogP contribution in [0.15, 0.2) is 40.9 Å². The summed E-state index contributed by atoms with van der Waals surface area (Å²) in [5, 5.41) is 2.95. The number of thiocarbonyl (C=S) groups is 1. The largest absolute Gasteiger partial charge is 0.483 e. The van der Waals surface area contributed by atoms with Crippen LogP contribution in [0.2, 0.25) is 10.0 Å². The highest BCUT2D eigenvalue weighted by atomic mass is 79.9. The standard InChI is InChI=1S/C18H16BrCl2N3O3S/c1-2-10-3-4-15(14(19)5-10)27-9-16(25)23-24-18(28)22-17(26)11-6-12(20)8-13(21)7-11/h3-8H,2,9H2,1H3,(H,23,25)(H2,22,24,26,28).